The number of hydrogen-bond acceptors (Lipinski definition) is 5. The molecule has 0 spiro atoms. The van der Waals surface area contributed by atoms with Gasteiger partial charge in [0, 0.05) is 30.0 Å². The van der Waals surface area contributed by atoms with E-state index >= 15 is 0 Å². The molecule has 2 aromatic carbocycles. The molecule has 170 valence electrons. The quantitative estimate of drug-likeness (QED) is 0.674. The van der Waals surface area contributed by atoms with Crippen LogP contribution in [0.5, 0.6) is 11.5 Å². The lowest BCUT2D eigenvalue weighted by molar-refractivity contribution is -0.133. The summed E-state index contributed by atoms with van der Waals surface area (Å²) in [7, 11) is 1.54. The van der Waals surface area contributed by atoms with Crippen LogP contribution in [0.3, 0.4) is 0 Å². The number of benzene rings is 2. The van der Waals surface area contributed by atoms with Crippen molar-refractivity contribution in [3.8, 4) is 23.3 Å². The number of nitrogens with zero attached hydrogens (tertiary/aromatic N) is 1. The maximum absolute atomic E-state index is 13.0. The minimum absolute atomic E-state index is 0.102. The Kier molecular flexibility index (Phi) is 7.39. The lowest BCUT2D eigenvalue weighted by atomic mass is 9.72. The monoisotopic (exact) mass is 441 g/mol. The van der Waals surface area contributed by atoms with Crippen LogP contribution in [0.2, 0.25) is 0 Å². The zero-order valence-corrected chi connectivity index (χ0v) is 18.5. The molecule has 2 N–H and O–H groups in total. The zero-order valence-electron chi connectivity index (χ0n) is 18.5. The van der Waals surface area contributed by atoms with E-state index in [1.165, 1.54) is 12.1 Å². The van der Waals surface area contributed by atoms with Gasteiger partial charge in [-0.2, -0.15) is 0 Å². The lowest BCUT2D eigenvalue weighted by Crippen LogP contribution is -2.38. The van der Waals surface area contributed by atoms with E-state index in [0.717, 1.165) is 5.56 Å². The molecule has 3 rings (SSSR count). The zero-order chi connectivity index (χ0) is 23.3. The van der Waals surface area contributed by atoms with E-state index in [1.54, 1.807) is 37.1 Å². The summed E-state index contributed by atoms with van der Waals surface area (Å²) in [4.78, 5) is 13.7. The molecule has 1 heterocycles. The molecule has 3 atom stereocenters. The predicted molar refractivity (Wildman–Crippen MR) is 118 cm³/mol. The van der Waals surface area contributed by atoms with Crippen molar-refractivity contribution in [2.75, 3.05) is 33.4 Å². The van der Waals surface area contributed by atoms with Gasteiger partial charge >= 0.3 is 0 Å². The highest BCUT2D eigenvalue weighted by Crippen LogP contribution is 2.46. The summed E-state index contributed by atoms with van der Waals surface area (Å²) in [5.74, 6) is 6.03. The fourth-order valence-corrected chi connectivity index (χ4v) is 4.02. The Bertz CT molecular complexity index is 1010. The summed E-state index contributed by atoms with van der Waals surface area (Å²) in [6.45, 7) is 3.92. The molecule has 6 nitrogen and oxygen atoms in total. The summed E-state index contributed by atoms with van der Waals surface area (Å²) >= 11 is 0. The summed E-state index contributed by atoms with van der Waals surface area (Å²) < 4.78 is 24.3. The molecule has 32 heavy (non-hydrogen) atoms. The van der Waals surface area contributed by atoms with Crippen LogP contribution in [-0.2, 0) is 4.79 Å². The number of aliphatic hydroxyl groups is 2. The molecule has 0 aromatic heterocycles. The number of aliphatic hydroxyl groups excluding tert-OH is 2. The van der Waals surface area contributed by atoms with Crippen molar-refractivity contribution in [1.82, 2.24) is 4.90 Å². The highest BCUT2D eigenvalue weighted by Gasteiger charge is 2.48. The Balaban J connectivity index is 1.82. The first-order valence-electron chi connectivity index (χ1n) is 10.4. The lowest BCUT2D eigenvalue weighted by Gasteiger charge is -2.33. The van der Waals surface area contributed by atoms with Crippen LogP contribution in [0.4, 0.5) is 4.39 Å². The van der Waals surface area contributed by atoms with Gasteiger partial charge in [0.2, 0.25) is 5.91 Å². The van der Waals surface area contributed by atoms with E-state index in [4.69, 9.17) is 9.47 Å². The van der Waals surface area contributed by atoms with Crippen LogP contribution in [0, 0.1) is 23.1 Å². The van der Waals surface area contributed by atoms with Gasteiger partial charge in [-0.15, -0.1) is 0 Å². The van der Waals surface area contributed by atoms with E-state index in [1.807, 2.05) is 19.1 Å². The molecule has 0 saturated carbocycles. The fourth-order valence-electron chi connectivity index (χ4n) is 4.02. The molecule has 0 bridgehead atoms. The topological polar surface area (TPSA) is 79.2 Å². The second-order valence-electron chi connectivity index (χ2n) is 8.17. The van der Waals surface area contributed by atoms with Crippen molar-refractivity contribution < 1.29 is 28.9 Å². The van der Waals surface area contributed by atoms with Gasteiger partial charge < -0.3 is 24.6 Å². The molecule has 0 unspecified atom stereocenters. The van der Waals surface area contributed by atoms with Gasteiger partial charge in [-0.05, 0) is 48.9 Å². The molecule has 1 saturated heterocycles. The summed E-state index contributed by atoms with van der Waals surface area (Å²) in [6, 6.07) is 11.4. The number of carbonyl (C=O) groups is 1. The molecule has 1 fully saturated rings. The van der Waals surface area contributed by atoms with E-state index < -0.39 is 18.1 Å². The number of likely N-dealkylation sites (tertiary alicyclic amines) is 1. The Hall–Kier alpha value is -3.08. The predicted octanol–water partition coefficient (Wildman–Crippen LogP) is 2.57. The van der Waals surface area contributed by atoms with Gasteiger partial charge in [-0.25, -0.2) is 4.39 Å². The minimum atomic E-state index is -0.669. The van der Waals surface area contributed by atoms with Crippen molar-refractivity contribution in [2.45, 2.75) is 25.9 Å². The summed E-state index contributed by atoms with van der Waals surface area (Å²) in [5, 5.41) is 19.8. The number of carbonyl (C=O) groups excluding carboxylic acids is 1. The fraction of sp³-hybridized carbons (Fsp3) is 0.400. The van der Waals surface area contributed by atoms with E-state index in [2.05, 4.69) is 11.8 Å². The molecule has 0 radical (unpaired) electrons. The van der Waals surface area contributed by atoms with Gasteiger partial charge in [-0.3, -0.25) is 4.79 Å². The number of amides is 1. The number of methoxy groups -OCH3 is 1. The van der Waals surface area contributed by atoms with Gasteiger partial charge in [0.05, 0.1) is 13.2 Å². The van der Waals surface area contributed by atoms with Gasteiger partial charge in [-0.1, -0.05) is 24.8 Å². The van der Waals surface area contributed by atoms with Crippen LogP contribution in [0.1, 0.15) is 30.9 Å². The Labute approximate surface area is 187 Å². The highest BCUT2D eigenvalue weighted by atomic mass is 19.1. The molecule has 7 heteroatoms. The standard InChI is InChI=1S/C25H28FNO5/c1-17(29)25(2)16-27(24(30)15-28)14-21(25)19-8-11-22(31-3)23(13-19)32-12-4-5-18-6-9-20(26)10-7-18/h6-11,13,17,21,28-29H,12,14-16H2,1-3H3/t17-,21+,25+/m1/s1. The maximum atomic E-state index is 13.0. The van der Waals surface area contributed by atoms with Crippen molar-refractivity contribution in [3.05, 3.63) is 59.4 Å². The Morgan fingerprint density at radius 3 is 2.62 bits per heavy atom. The average Bonchev–Trinajstić information content (AvgIpc) is 3.16. The third-order valence-corrected chi connectivity index (χ3v) is 6.14. The third kappa shape index (κ3) is 5.04. The van der Waals surface area contributed by atoms with E-state index in [0.29, 0.717) is 30.2 Å². The molecule has 0 aliphatic carbocycles. The first kappa shape index (κ1) is 23.6. The van der Waals surface area contributed by atoms with Crippen LogP contribution < -0.4 is 9.47 Å². The Morgan fingerprint density at radius 1 is 1.28 bits per heavy atom. The SMILES string of the molecule is COc1ccc([C@@H]2CN(C(=O)CO)C[C@@]2(C)[C@@H](C)O)cc1OCC#Cc1ccc(F)cc1. The second kappa shape index (κ2) is 10.0. The number of rotatable bonds is 6. The van der Waals surface area contributed by atoms with Crippen molar-refractivity contribution in [2.24, 2.45) is 5.41 Å². The van der Waals surface area contributed by atoms with Gasteiger partial charge in [0.15, 0.2) is 11.5 Å². The molecule has 2 aromatic rings. The van der Waals surface area contributed by atoms with Crippen LogP contribution >= 0.6 is 0 Å². The van der Waals surface area contributed by atoms with Gasteiger partial charge in [0.25, 0.3) is 0 Å². The highest BCUT2D eigenvalue weighted by molar-refractivity contribution is 5.77. The molecular formula is C25H28FNO5. The van der Waals surface area contributed by atoms with Gasteiger partial charge in [0.1, 0.15) is 19.0 Å². The van der Waals surface area contributed by atoms with Crippen molar-refractivity contribution in [1.29, 1.82) is 0 Å². The van der Waals surface area contributed by atoms with Crippen LogP contribution in [0.15, 0.2) is 42.5 Å². The van der Waals surface area contributed by atoms with Crippen molar-refractivity contribution in [3.63, 3.8) is 0 Å². The largest absolute Gasteiger partial charge is 0.493 e. The smallest absolute Gasteiger partial charge is 0.248 e. The van der Waals surface area contributed by atoms with Crippen molar-refractivity contribution >= 4 is 5.91 Å². The van der Waals surface area contributed by atoms with Crippen LogP contribution in [0.25, 0.3) is 0 Å². The van der Waals surface area contributed by atoms with Crippen LogP contribution in [-0.4, -0.2) is 60.5 Å². The summed E-state index contributed by atoms with van der Waals surface area (Å²) in [5.41, 5.74) is 0.992. The molecule has 1 amide bonds. The van der Waals surface area contributed by atoms with E-state index in [-0.39, 0.29) is 24.2 Å². The maximum Gasteiger partial charge on any atom is 0.248 e. The molecule has 1 aliphatic heterocycles. The average molecular weight is 441 g/mol. The number of halogens is 1. The second-order valence-corrected chi connectivity index (χ2v) is 8.17. The molecule has 1 aliphatic rings. The van der Waals surface area contributed by atoms with E-state index in [9.17, 15) is 19.4 Å². The minimum Gasteiger partial charge on any atom is -0.493 e. The normalized spacial score (nSPS) is 20.9. The molecular weight excluding hydrogens is 413 g/mol. The number of hydrogen-bond donors (Lipinski definition) is 2. The Morgan fingerprint density at radius 2 is 2.00 bits per heavy atom. The first-order valence-corrected chi connectivity index (χ1v) is 10.4. The third-order valence-electron chi connectivity index (χ3n) is 6.14. The summed E-state index contributed by atoms with van der Waals surface area (Å²) in [6.07, 6.45) is -0.669. The number of ether oxygens (including phenoxy) is 2. The first-order chi connectivity index (χ1) is 15.3.